The molecule has 272 valence electrons. The van der Waals surface area contributed by atoms with Crippen molar-refractivity contribution in [1.29, 1.82) is 0 Å². The van der Waals surface area contributed by atoms with Gasteiger partial charge in [0.05, 0.1) is 11.8 Å². The Kier molecular flexibility index (Phi) is 9.27. The molecule has 1 saturated heterocycles. The highest BCUT2D eigenvalue weighted by atomic mass is 32.2. The molecule has 2 unspecified atom stereocenters. The number of carbonyl (C=O) groups excluding carboxylic acids is 3. The summed E-state index contributed by atoms with van der Waals surface area (Å²) in [6.45, 7) is 9.68. The minimum absolute atomic E-state index is 0.0649. The first-order valence-electron chi connectivity index (χ1n) is 17.9. The van der Waals surface area contributed by atoms with Crippen LogP contribution >= 0.6 is 0 Å². The van der Waals surface area contributed by atoms with Crippen molar-refractivity contribution < 1.29 is 32.0 Å². The second-order valence-corrected chi connectivity index (χ2v) is 16.5. The van der Waals surface area contributed by atoms with Crippen LogP contribution in [-0.4, -0.2) is 81.7 Å². The minimum atomic E-state index is -3.86. The predicted molar refractivity (Wildman–Crippen MR) is 188 cm³/mol. The molecule has 3 aromatic rings. The molecule has 14 nitrogen and oxygen atoms in total. The first kappa shape index (κ1) is 34.9. The highest BCUT2D eigenvalue weighted by Crippen LogP contribution is 2.45. The quantitative estimate of drug-likeness (QED) is 0.291. The van der Waals surface area contributed by atoms with Gasteiger partial charge in [0.2, 0.25) is 33.6 Å². The van der Waals surface area contributed by atoms with Crippen molar-refractivity contribution in [3.8, 4) is 5.88 Å². The Balaban J connectivity index is 1.23. The van der Waals surface area contributed by atoms with Crippen LogP contribution in [0.4, 0.5) is 6.01 Å². The van der Waals surface area contributed by atoms with Gasteiger partial charge in [0.25, 0.3) is 5.91 Å². The number of amides is 3. The largest absolute Gasteiger partial charge is 0.472 e. The predicted octanol–water partition coefficient (Wildman–Crippen LogP) is 3.21. The number of hydrogen-bond acceptors (Lipinski definition) is 11. The van der Waals surface area contributed by atoms with Crippen LogP contribution < -0.4 is 20.1 Å². The van der Waals surface area contributed by atoms with Crippen molar-refractivity contribution in [1.82, 2.24) is 30.1 Å². The van der Waals surface area contributed by atoms with Crippen LogP contribution in [0.2, 0.25) is 0 Å². The first-order chi connectivity index (χ1) is 24.4. The molecule has 4 aliphatic rings. The number of hydrogen-bond donors (Lipinski definition) is 3. The van der Waals surface area contributed by atoms with Crippen LogP contribution in [0.15, 0.2) is 41.5 Å². The molecule has 2 aromatic heterocycles. The average molecular weight is 720 g/mol. The highest BCUT2D eigenvalue weighted by molar-refractivity contribution is 7.91. The van der Waals surface area contributed by atoms with E-state index in [-0.39, 0.29) is 37.2 Å². The Morgan fingerprint density at radius 1 is 1.18 bits per heavy atom. The molecule has 2 aliphatic heterocycles. The molecule has 15 heteroatoms. The number of nitrogens with zero attached hydrogens (tertiary/aromatic N) is 4. The number of aryl methyl sites for hydroxylation is 3. The second kappa shape index (κ2) is 13.5. The van der Waals surface area contributed by atoms with Crippen molar-refractivity contribution >= 4 is 44.5 Å². The number of rotatable bonds is 8. The van der Waals surface area contributed by atoms with Gasteiger partial charge in [-0.15, -0.1) is 11.7 Å². The lowest BCUT2D eigenvalue weighted by Gasteiger charge is -2.30. The molecule has 5 atom stereocenters. The summed E-state index contributed by atoms with van der Waals surface area (Å²) in [6, 6.07) is 4.56. The van der Waals surface area contributed by atoms with Gasteiger partial charge in [0.1, 0.15) is 23.7 Å². The van der Waals surface area contributed by atoms with Crippen molar-refractivity contribution in [2.45, 2.75) is 108 Å². The van der Waals surface area contributed by atoms with Gasteiger partial charge in [-0.05, 0) is 73.4 Å². The Morgan fingerprint density at radius 3 is 2.67 bits per heavy atom. The lowest BCUT2D eigenvalue weighted by molar-refractivity contribution is -0.140. The summed E-state index contributed by atoms with van der Waals surface area (Å²) < 4.78 is 40.0. The fourth-order valence-corrected chi connectivity index (χ4v) is 8.61. The maximum atomic E-state index is 14.4. The standard InChI is InChI=1S/C36H45N7O7S/c1-5-22-18-37-32-27-15-21(11-14-26(22)27)9-7-8-10-29-40-41-35(50-29)38-30(20(3)4)33(45)43-19-24(49-32)16-28(43)31(44)39-36(17-23(36)6-2)34(46)42-51(47,48)25-12-13-25/h6,11,14-15,18,20,23-25,28,30H,2,5,7-10,12-13,16-17,19H2,1,3-4H3,(H,38,41)(H,39,44)(H,42,46)/t23-,24?,28+,30+,36?/m1/s1. The fraction of sp³-hybridized carbons (Fsp3) is 0.556. The monoisotopic (exact) mass is 719 g/mol. The maximum absolute atomic E-state index is 14.4. The maximum Gasteiger partial charge on any atom is 0.316 e. The number of fused-ring (bicyclic) bond motifs is 5. The Morgan fingerprint density at radius 2 is 1.96 bits per heavy atom. The van der Waals surface area contributed by atoms with Crippen molar-refractivity contribution in [2.24, 2.45) is 11.8 Å². The number of carbonyl (C=O) groups is 3. The summed E-state index contributed by atoms with van der Waals surface area (Å²) in [5.41, 5.74) is 0.712. The normalized spacial score (nSPS) is 26.6. The number of anilines is 1. The van der Waals surface area contributed by atoms with Gasteiger partial charge in [0, 0.05) is 30.3 Å². The molecular formula is C36H45N7O7S. The Bertz CT molecular complexity index is 1980. The zero-order chi connectivity index (χ0) is 36.1. The third-order valence-electron chi connectivity index (χ3n) is 10.5. The Hall–Kier alpha value is -4.53. The lowest BCUT2D eigenvalue weighted by Crippen LogP contribution is -2.58. The lowest BCUT2D eigenvalue weighted by atomic mass is 10.00. The smallest absolute Gasteiger partial charge is 0.316 e. The molecule has 3 amide bonds. The van der Waals surface area contributed by atoms with Crippen LogP contribution in [0.5, 0.6) is 5.88 Å². The first-order valence-corrected chi connectivity index (χ1v) is 19.4. The van der Waals surface area contributed by atoms with E-state index in [1.54, 1.807) is 0 Å². The molecule has 0 spiro atoms. The van der Waals surface area contributed by atoms with Gasteiger partial charge < -0.3 is 24.7 Å². The van der Waals surface area contributed by atoms with Crippen molar-refractivity contribution in [3.63, 3.8) is 0 Å². The summed E-state index contributed by atoms with van der Waals surface area (Å²) in [4.78, 5) is 48.4. The molecule has 7 rings (SSSR count). The van der Waals surface area contributed by atoms with E-state index in [1.165, 1.54) is 11.0 Å². The molecule has 3 fully saturated rings. The van der Waals surface area contributed by atoms with Crippen LogP contribution in [-0.2, 0) is 43.7 Å². The molecule has 4 heterocycles. The van der Waals surface area contributed by atoms with E-state index in [4.69, 9.17) is 14.1 Å². The number of benzene rings is 1. The molecule has 2 saturated carbocycles. The molecular weight excluding hydrogens is 675 g/mol. The zero-order valence-electron chi connectivity index (χ0n) is 29.2. The highest BCUT2D eigenvalue weighted by Gasteiger charge is 2.62. The van der Waals surface area contributed by atoms with E-state index in [2.05, 4.69) is 57.3 Å². The fourth-order valence-electron chi connectivity index (χ4n) is 7.25. The molecule has 0 radical (unpaired) electrons. The number of pyridine rings is 1. The summed E-state index contributed by atoms with van der Waals surface area (Å²) >= 11 is 0. The minimum Gasteiger partial charge on any atom is -0.472 e. The van der Waals surface area contributed by atoms with E-state index >= 15 is 0 Å². The molecule has 3 N–H and O–H groups in total. The number of ether oxygens (including phenoxy) is 1. The second-order valence-electron chi connectivity index (χ2n) is 14.6. The third kappa shape index (κ3) is 6.91. The third-order valence-corrected chi connectivity index (χ3v) is 12.4. The van der Waals surface area contributed by atoms with Gasteiger partial charge in [-0.3, -0.25) is 19.1 Å². The molecule has 1 aromatic carbocycles. The number of nitrogens with one attached hydrogen (secondary N) is 3. The van der Waals surface area contributed by atoms with Gasteiger partial charge in [-0.2, -0.15) is 0 Å². The average Bonchev–Trinajstić information content (AvgIpc) is 4.00. The van der Waals surface area contributed by atoms with Gasteiger partial charge in [0.15, 0.2) is 0 Å². The van der Waals surface area contributed by atoms with E-state index in [0.29, 0.717) is 31.0 Å². The Labute approximate surface area is 297 Å². The van der Waals surface area contributed by atoms with E-state index in [9.17, 15) is 22.8 Å². The SMILES string of the molecule is C=C[C@@H]1CC1(NC(=O)[C@@H]1CC2CN1C(=O)[C@H](C(C)C)Nc1nnc(o1)CCCCc1ccc3c(CC)cnc(c3c1)O2)C(=O)NS(=O)(=O)C1CC1. The van der Waals surface area contributed by atoms with Gasteiger partial charge >= 0.3 is 6.01 Å². The summed E-state index contributed by atoms with van der Waals surface area (Å²) in [5, 5.41) is 15.6. The van der Waals surface area contributed by atoms with E-state index in [1.807, 2.05) is 20.0 Å². The van der Waals surface area contributed by atoms with Crippen LogP contribution in [0, 0.1) is 11.8 Å². The molecule has 51 heavy (non-hydrogen) atoms. The molecule has 6 bridgehead atoms. The zero-order valence-corrected chi connectivity index (χ0v) is 30.0. The molecule has 2 aliphatic carbocycles. The van der Waals surface area contributed by atoms with E-state index in [0.717, 1.165) is 47.6 Å². The number of sulfonamides is 1. The van der Waals surface area contributed by atoms with Crippen molar-refractivity contribution in [2.75, 3.05) is 11.9 Å². The number of aromatic nitrogens is 3. The van der Waals surface area contributed by atoms with Crippen LogP contribution in [0.25, 0.3) is 10.8 Å². The van der Waals surface area contributed by atoms with Crippen LogP contribution in [0.1, 0.15) is 76.3 Å². The summed E-state index contributed by atoms with van der Waals surface area (Å²) in [5.74, 6) is -1.61. The van der Waals surface area contributed by atoms with Crippen molar-refractivity contribution in [3.05, 3.63) is 54.1 Å². The summed E-state index contributed by atoms with van der Waals surface area (Å²) in [6.07, 6.45) is 7.91. The van der Waals surface area contributed by atoms with Crippen LogP contribution in [0.3, 0.4) is 0 Å². The van der Waals surface area contributed by atoms with E-state index < -0.39 is 56.7 Å². The van der Waals surface area contributed by atoms with Gasteiger partial charge in [-0.25, -0.2) is 13.4 Å². The summed E-state index contributed by atoms with van der Waals surface area (Å²) in [7, 11) is -3.86. The van der Waals surface area contributed by atoms with Gasteiger partial charge in [-0.1, -0.05) is 44.1 Å². The topological polar surface area (TPSA) is 186 Å².